The maximum absolute atomic E-state index is 13.8. The van der Waals surface area contributed by atoms with E-state index in [2.05, 4.69) is 23.7 Å². The van der Waals surface area contributed by atoms with Gasteiger partial charge in [0.1, 0.15) is 17.3 Å². The number of benzene rings is 1. The molecule has 142 valence electrons. The molecule has 0 aliphatic carbocycles. The molecular weight excluding hydrogens is 348 g/mol. The molecule has 6 heteroatoms. The second kappa shape index (κ2) is 6.59. The van der Waals surface area contributed by atoms with Crippen molar-refractivity contribution in [1.82, 2.24) is 9.88 Å². The number of pyridine rings is 1. The summed E-state index contributed by atoms with van der Waals surface area (Å²) in [5.41, 5.74) is 1.05. The number of hydrogen-bond donors (Lipinski definition) is 0. The molecule has 0 spiro atoms. The largest absolute Gasteiger partial charge is 0.363 e. The standard InChI is InChI=1S/C21H23F2N3O/c1-21(2)11-14-13-25(20(27)18-7-6-16(23)12-24-18)9-8-19(14)26(21)17-5-3-4-15(22)10-17/h3-7,10,12,14,19H,8-9,11,13H2,1-2H3/t14-,19+/m1/s1. The van der Waals surface area contributed by atoms with Crippen molar-refractivity contribution in [3.63, 3.8) is 0 Å². The third-order valence-corrected chi connectivity index (χ3v) is 5.76. The number of anilines is 1. The molecule has 4 nitrogen and oxygen atoms in total. The van der Waals surface area contributed by atoms with Crippen molar-refractivity contribution in [1.29, 1.82) is 0 Å². The van der Waals surface area contributed by atoms with Gasteiger partial charge in [0.2, 0.25) is 0 Å². The molecule has 1 aromatic carbocycles. The quantitative estimate of drug-likeness (QED) is 0.804. The van der Waals surface area contributed by atoms with Crippen LogP contribution in [-0.2, 0) is 0 Å². The number of hydrogen-bond acceptors (Lipinski definition) is 3. The molecule has 2 aromatic rings. The lowest BCUT2D eigenvalue weighted by molar-refractivity contribution is 0.0661. The Kier molecular flexibility index (Phi) is 4.36. The van der Waals surface area contributed by atoms with E-state index in [1.165, 1.54) is 18.2 Å². The molecule has 2 aliphatic heterocycles. The number of rotatable bonds is 2. The van der Waals surface area contributed by atoms with Crippen LogP contribution in [0.1, 0.15) is 37.2 Å². The van der Waals surface area contributed by atoms with E-state index in [0.717, 1.165) is 24.7 Å². The lowest BCUT2D eigenvalue weighted by Crippen LogP contribution is -2.50. The predicted molar refractivity (Wildman–Crippen MR) is 99.6 cm³/mol. The molecule has 2 atom stereocenters. The molecule has 1 amide bonds. The van der Waals surface area contributed by atoms with Gasteiger partial charge in [-0.25, -0.2) is 13.8 Å². The van der Waals surface area contributed by atoms with Gasteiger partial charge < -0.3 is 9.80 Å². The topological polar surface area (TPSA) is 36.4 Å². The van der Waals surface area contributed by atoms with Gasteiger partial charge in [0, 0.05) is 30.4 Å². The Hall–Kier alpha value is -2.50. The molecular formula is C21H23F2N3O. The third kappa shape index (κ3) is 3.29. The minimum Gasteiger partial charge on any atom is -0.363 e. The summed E-state index contributed by atoms with van der Waals surface area (Å²) in [5.74, 6) is -0.535. The first-order chi connectivity index (χ1) is 12.8. The van der Waals surface area contributed by atoms with Crippen LogP contribution in [-0.4, -0.2) is 40.5 Å². The molecule has 2 fully saturated rings. The highest BCUT2D eigenvalue weighted by Gasteiger charge is 2.48. The van der Waals surface area contributed by atoms with Gasteiger partial charge in [0.25, 0.3) is 5.91 Å². The van der Waals surface area contributed by atoms with Crippen molar-refractivity contribution in [2.45, 2.75) is 38.3 Å². The van der Waals surface area contributed by atoms with Crippen molar-refractivity contribution in [3.05, 3.63) is 59.9 Å². The van der Waals surface area contributed by atoms with Crippen LogP contribution in [0.15, 0.2) is 42.6 Å². The number of aromatic nitrogens is 1. The third-order valence-electron chi connectivity index (χ3n) is 5.76. The van der Waals surface area contributed by atoms with E-state index in [9.17, 15) is 13.6 Å². The minimum absolute atomic E-state index is 0.115. The average Bonchev–Trinajstić information content (AvgIpc) is 2.90. The smallest absolute Gasteiger partial charge is 0.272 e. The highest BCUT2D eigenvalue weighted by Crippen LogP contribution is 2.44. The van der Waals surface area contributed by atoms with Gasteiger partial charge in [-0.3, -0.25) is 4.79 Å². The van der Waals surface area contributed by atoms with E-state index in [0.29, 0.717) is 19.0 Å². The summed E-state index contributed by atoms with van der Waals surface area (Å²) < 4.78 is 26.8. The molecule has 4 rings (SSSR count). The van der Waals surface area contributed by atoms with E-state index < -0.39 is 5.82 Å². The number of amides is 1. The maximum atomic E-state index is 13.8. The first-order valence-corrected chi connectivity index (χ1v) is 9.31. The lowest BCUT2D eigenvalue weighted by atomic mass is 9.89. The number of likely N-dealkylation sites (tertiary alicyclic amines) is 1. The molecule has 0 unspecified atom stereocenters. The number of halogens is 2. The second-order valence-corrected chi connectivity index (χ2v) is 8.10. The van der Waals surface area contributed by atoms with Crippen molar-refractivity contribution < 1.29 is 13.6 Å². The van der Waals surface area contributed by atoms with Crippen LogP contribution in [0, 0.1) is 17.6 Å². The van der Waals surface area contributed by atoms with Crippen molar-refractivity contribution in [3.8, 4) is 0 Å². The molecule has 0 radical (unpaired) electrons. The Labute approximate surface area is 157 Å². The Morgan fingerprint density at radius 1 is 1.19 bits per heavy atom. The summed E-state index contributed by atoms with van der Waals surface area (Å²) in [6.07, 6.45) is 2.82. The van der Waals surface area contributed by atoms with Gasteiger partial charge in [-0.05, 0) is 62.9 Å². The van der Waals surface area contributed by atoms with Crippen LogP contribution in [0.25, 0.3) is 0 Å². The second-order valence-electron chi connectivity index (χ2n) is 8.10. The number of nitrogens with zero attached hydrogens (tertiary/aromatic N) is 3. The molecule has 1 aromatic heterocycles. The van der Waals surface area contributed by atoms with E-state index in [-0.39, 0.29) is 29.0 Å². The molecule has 0 N–H and O–H groups in total. The molecule has 0 bridgehead atoms. The van der Waals surface area contributed by atoms with E-state index >= 15 is 0 Å². The highest BCUT2D eigenvalue weighted by atomic mass is 19.1. The van der Waals surface area contributed by atoms with Crippen LogP contribution in [0.4, 0.5) is 14.5 Å². The summed E-state index contributed by atoms with van der Waals surface area (Å²) >= 11 is 0. The summed E-state index contributed by atoms with van der Waals surface area (Å²) in [7, 11) is 0. The fourth-order valence-corrected chi connectivity index (χ4v) is 4.76. The summed E-state index contributed by atoms with van der Waals surface area (Å²) in [6, 6.07) is 9.70. The van der Waals surface area contributed by atoms with Crippen LogP contribution in [0.5, 0.6) is 0 Å². The van der Waals surface area contributed by atoms with Crippen LogP contribution < -0.4 is 4.90 Å². The zero-order valence-electron chi connectivity index (χ0n) is 15.5. The van der Waals surface area contributed by atoms with Gasteiger partial charge in [-0.1, -0.05) is 6.07 Å². The summed E-state index contributed by atoms with van der Waals surface area (Å²) in [6.45, 7) is 5.59. The lowest BCUT2D eigenvalue weighted by Gasteiger charge is -2.41. The number of carbonyl (C=O) groups is 1. The summed E-state index contributed by atoms with van der Waals surface area (Å²) in [4.78, 5) is 20.8. The Balaban J connectivity index is 1.54. The van der Waals surface area contributed by atoms with Gasteiger partial charge in [0.15, 0.2) is 0 Å². The molecule has 27 heavy (non-hydrogen) atoms. The zero-order chi connectivity index (χ0) is 19.2. The molecule has 0 saturated carbocycles. The molecule has 3 heterocycles. The van der Waals surface area contributed by atoms with Crippen LogP contribution in [0.2, 0.25) is 0 Å². The van der Waals surface area contributed by atoms with Gasteiger partial charge in [-0.2, -0.15) is 0 Å². The molecule has 2 saturated heterocycles. The SMILES string of the molecule is CC1(C)C[C@@H]2CN(C(=O)c3ccc(F)cn3)CC[C@@H]2N1c1cccc(F)c1. The van der Waals surface area contributed by atoms with E-state index in [4.69, 9.17) is 0 Å². The Bertz CT molecular complexity index is 853. The first-order valence-electron chi connectivity index (χ1n) is 9.31. The number of piperidine rings is 1. The zero-order valence-corrected chi connectivity index (χ0v) is 15.5. The van der Waals surface area contributed by atoms with Gasteiger partial charge in [-0.15, -0.1) is 0 Å². The molecule has 2 aliphatic rings. The van der Waals surface area contributed by atoms with Crippen LogP contribution >= 0.6 is 0 Å². The maximum Gasteiger partial charge on any atom is 0.272 e. The number of carbonyl (C=O) groups excluding carboxylic acids is 1. The normalized spacial score (nSPS) is 24.0. The monoisotopic (exact) mass is 371 g/mol. The Morgan fingerprint density at radius 2 is 2.00 bits per heavy atom. The fourth-order valence-electron chi connectivity index (χ4n) is 4.76. The fraction of sp³-hybridized carbons (Fsp3) is 0.429. The van der Waals surface area contributed by atoms with Crippen LogP contribution in [0.3, 0.4) is 0 Å². The van der Waals surface area contributed by atoms with E-state index in [1.807, 2.05) is 11.0 Å². The predicted octanol–water partition coefficient (Wildman–Crippen LogP) is 3.88. The highest BCUT2D eigenvalue weighted by molar-refractivity contribution is 5.92. The van der Waals surface area contributed by atoms with Crippen molar-refractivity contribution in [2.75, 3.05) is 18.0 Å². The average molecular weight is 371 g/mol. The summed E-state index contributed by atoms with van der Waals surface area (Å²) in [5, 5.41) is 0. The first kappa shape index (κ1) is 17.9. The van der Waals surface area contributed by atoms with Gasteiger partial charge >= 0.3 is 0 Å². The van der Waals surface area contributed by atoms with E-state index in [1.54, 1.807) is 12.1 Å². The van der Waals surface area contributed by atoms with Crippen molar-refractivity contribution in [2.24, 2.45) is 5.92 Å². The minimum atomic E-state index is -0.450. The number of fused-ring (bicyclic) bond motifs is 1. The van der Waals surface area contributed by atoms with Gasteiger partial charge in [0.05, 0.1) is 6.20 Å². The van der Waals surface area contributed by atoms with Crippen molar-refractivity contribution >= 4 is 11.6 Å². The Morgan fingerprint density at radius 3 is 2.70 bits per heavy atom.